The van der Waals surface area contributed by atoms with Crippen LogP contribution in [-0.2, 0) is 27.4 Å². The zero-order valence-electron chi connectivity index (χ0n) is 21.4. The first-order chi connectivity index (χ1) is 18.9. The van der Waals surface area contributed by atoms with Crippen LogP contribution >= 0.6 is 0 Å². The summed E-state index contributed by atoms with van der Waals surface area (Å²) in [5, 5.41) is 22.9. The number of morpholine rings is 1. The lowest BCUT2D eigenvalue weighted by atomic mass is 9.98. The number of pyridine rings is 1. The molecule has 0 bridgehead atoms. The fourth-order valence-electron chi connectivity index (χ4n) is 4.90. The van der Waals surface area contributed by atoms with E-state index in [0.29, 0.717) is 42.1 Å². The van der Waals surface area contributed by atoms with Crippen molar-refractivity contribution in [3.05, 3.63) is 93.5 Å². The van der Waals surface area contributed by atoms with Gasteiger partial charge in [-0.15, -0.1) is 0 Å². The van der Waals surface area contributed by atoms with Crippen molar-refractivity contribution >= 4 is 23.3 Å². The number of nitrogens with zero attached hydrogens (tertiary/aromatic N) is 2. The number of aromatic nitrogens is 1. The number of fused-ring (bicyclic) bond motifs is 1. The summed E-state index contributed by atoms with van der Waals surface area (Å²) >= 11 is 0. The maximum atomic E-state index is 13.2. The van der Waals surface area contributed by atoms with Gasteiger partial charge in [-0.25, -0.2) is 0 Å². The van der Waals surface area contributed by atoms with E-state index in [1.165, 1.54) is 0 Å². The van der Waals surface area contributed by atoms with Crippen molar-refractivity contribution in [1.82, 2.24) is 15.2 Å². The topological polar surface area (TPSA) is 135 Å². The van der Waals surface area contributed by atoms with Crippen LogP contribution in [0.5, 0.6) is 0 Å². The molecule has 3 aromatic rings. The first-order valence-electron chi connectivity index (χ1n) is 12.8. The third-order valence-electron chi connectivity index (χ3n) is 6.88. The Morgan fingerprint density at radius 3 is 2.41 bits per heavy atom. The molecule has 0 spiro atoms. The van der Waals surface area contributed by atoms with E-state index in [0.717, 1.165) is 24.3 Å². The van der Waals surface area contributed by atoms with E-state index in [-0.39, 0.29) is 36.5 Å². The minimum atomic E-state index is -1.04. The Labute approximate surface area is 225 Å². The molecule has 2 aromatic carbocycles. The van der Waals surface area contributed by atoms with Crippen LogP contribution in [0.4, 0.5) is 5.69 Å². The number of hydrogen-bond acceptors (Lipinski definition) is 7. The van der Waals surface area contributed by atoms with Gasteiger partial charge in [0.1, 0.15) is 5.70 Å². The first-order valence-corrected chi connectivity index (χ1v) is 12.8. The number of rotatable bonds is 8. The standard InChI is InChI=1S/C29H30N4O6/c34-25(35)10-11-30-29(38)26-27(36)23-16-22(20-6-8-21(9-7-20)32-12-14-39-15-13-32)28(37)31-24(23)18-33(26)17-19-4-2-1-3-5-19/h1-9,16,36H,10-15,17-18H2,(H,30,38)(H,31,37)(H,34,35). The number of ether oxygens (including phenoxy) is 1. The maximum Gasteiger partial charge on any atom is 0.305 e. The lowest BCUT2D eigenvalue weighted by Gasteiger charge is -2.32. The number of carboxylic acids is 1. The Morgan fingerprint density at radius 2 is 1.72 bits per heavy atom. The van der Waals surface area contributed by atoms with Crippen LogP contribution in [0.3, 0.4) is 0 Å². The van der Waals surface area contributed by atoms with Crippen LogP contribution in [0.25, 0.3) is 16.9 Å². The number of carbonyl (C=O) groups is 2. The lowest BCUT2D eigenvalue weighted by Crippen LogP contribution is -2.39. The molecule has 0 unspecified atom stereocenters. The highest BCUT2D eigenvalue weighted by Crippen LogP contribution is 2.32. The van der Waals surface area contributed by atoms with Gasteiger partial charge in [-0.2, -0.15) is 0 Å². The summed E-state index contributed by atoms with van der Waals surface area (Å²) < 4.78 is 5.42. The van der Waals surface area contributed by atoms with Crippen molar-refractivity contribution in [1.29, 1.82) is 0 Å². The molecule has 1 saturated heterocycles. The third kappa shape index (κ3) is 5.80. The first kappa shape index (κ1) is 26.1. The van der Waals surface area contributed by atoms with Crippen molar-refractivity contribution < 1.29 is 24.5 Å². The average molecular weight is 531 g/mol. The van der Waals surface area contributed by atoms with E-state index < -0.39 is 11.9 Å². The Kier molecular flexibility index (Phi) is 7.64. The predicted octanol–water partition coefficient (Wildman–Crippen LogP) is 2.71. The average Bonchev–Trinajstić information content (AvgIpc) is 2.94. The number of carboxylic acid groups (broad SMARTS) is 1. The number of anilines is 1. The minimum Gasteiger partial charge on any atom is -0.505 e. The van der Waals surface area contributed by atoms with Gasteiger partial charge in [-0.05, 0) is 29.3 Å². The Balaban J connectivity index is 1.49. The van der Waals surface area contributed by atoms with Crippen molar-refractivity contribution in [3.8, 4) is 11.1 Å². The molecule has 10 nitrogen and oxygen atoms in total. The molecule has 4 N–H and O–H groups in total. The van der Waals surface area contributed by atoms with Gasteiger partial charge in [0.25, 0.3) is 11.5 Å². The molecule has 0 radical (unpaired) electrons. The van der Waals surface area contributed by atoms with Gasteiger partial charge in [-0.1, -0.05) is 42.5 Å². The highest BCUT2D eigenvalue weighted by Gasteiger charge is 2.31. The fraction of sp³-hybridized carbons (Fsp3) is 0.276. The highest BCUT2D eigenvalue weighted by molar-refractivity contribution is 6.00. The molecule has 202 valence electrons. The van der Waals surface area contributed by atoms with Gasteiger partial charge in [0.2, 0.25) is 0 Å². The van der Waals surface area contributed by atoms with Gasteiger partial charge in [0.15, 0.2) is 5.76 Å². The summed E-state index contributed by atoms with van der Waals surface area (Å²) in [6.07, 6.45) is -0.243. The highest BCUT2D eigenvalue weighted by atomic mass is 16.5. The number of nitrogens with one attached hydrogen (secondary N) is 2. The van der Waals surface area contributed by atoms with Gasteiger partial charge >= 0.3 is 5.97 Å². The SMILES string of the molecule is O=C(O)CCNC(=O)C1=C(O)c2cc(-c3ccc(N4CCOCC4)cc3)c(=O)[nH]c2CN1Cc1ccccc1. The number of amides is 1. The molecule has 0 aliphatic carbocycles. The summed E-state index contributed by atoms with van der Waals surface area (Å²) in [5.41, 5.74) is 3.57. The molecule has 1 amide bonds. The second-order valence-electron chi connectivity index (χ2n) is 9.49. The normalized spacial score (nSPS) is 15.2. The van der Waals surface area contributed by atoms with Crippen LogP contribution in [0.1, 0.15) is 23.2 Å². The zero-order valence-corrected chi connectivity index (χ0v) is 21.4. The number of aliphatic hydroxyl groups excluding tert-OH is 1. The van der Waals surface area contributed by atoms with Crippen molar-refractivity contribution in [2.24, 2.45) is 0 Å². The molecule has 3 heterocycles. The molecule has 10 heteroatoms. The van der Waals surface area contributed by atoms with Gasteiger partial charge in [0.05, 0.1) is 26.2 Å². The monoisotopic (exact) mass is 530 g/mol. The Morgan fingerprint density at radius 1 is 1.00 bits per heavy atom. The number of aliphatic hydroxyl groups is 1. The molecule has 39 heavy (non-hydrogen) atoms. The molecular formula is C29H30N4O6. The van der Waals surface area contributed by atoms with E-state index in [1.807, 2.05) is 54.6 Å². The summed E-state index contributed by atoms with van der Waals surface area (Å²) in [7, 11) is 0. The molecule has 2 aliphatic rings. The molecule has 2 aliphatic heterocycles. The van der Waals surface area contributed by atoms with Gasteiger partial charge in [0, 0.05) is 48.7 Å². The molecular weight excluding hydrogens is 500 g/mol. The second-order valence-corrected chi connectivity index (χ2v) is 9.49. The molecule has 5 rings (SSSR count). The van der Waals surface area contributed by atoms with Crippen LogP contribution in [0, 0.1) is 0 Å². The lowest BCUT2D eigenvalue weighted by molar-refractivity contribution is -0.136. The molecule has 1 fully saturated rings. The Bertz CT molecular complexity index is 1440. The molecule has 0 saturated carbocycles. The van der Waals surface area contributed by atoms with E-state index in [4.69, 9.17) is 9.84 Å². The number of aliphatic carboxylic acids is 1. The predicted molar refractivity (Wildman–Crippen MR) is 146 cm³/mol. The zero-order chi connectivity index (χ0) is 27.4. The fourth-order valence-corrected chi connectivity index (χ4v) is 4.90. The summed E-state index contributed by atoms with van der Waals surface area (Å²) in [6.45, 7) is 3.35. The van der Waals surface area contributed by atoms with E-state index >= 15 is 0 Å². The van der Waals surface area contributed by atoms with Crippen molar-refractivity contribution in [2.45, 2.75) is 19.5 Å². The number of hydrogen-bond donors (Lipinski definition) is 4. The summed E-state index contributed by atoms with van der Waals surface area (Å²) in [5.74, 6) is -1.90. The van der Waals surface area contributed by atoms with Crippen molar-refractivity contribution in [2.75, 3.05) is 37.7 Å². The van der Waals surface area contributed by atoms with Crippen LogP contribution < -0.4 is 15.8 Å². The van der Waals surface area contributed by atoms with E-state index in [2.05, 4.69) is 15.2 Å². The minimum absolute atomic E-state index is 0.0254. The second kappa shape index (κ2) is 11.4. The molecule has 1 aromatic heterocycles. The smallest absolute Gasteiger partial charge is 0.305 e. The van der Waals surface area contributed by atoms with Crippen LogP contribution in [0.15, 0.2) is 71.2 Å². The van der Waals surface area contributed by atoms with Crippen LogP contribution in [0.2, 0.25) is 0 Å². The summed E-state index contributed by atoms with van der Waals surface area (Å²) in [6, 6.07) is 18.7. The molecule has 0 atom stereocenters. The number of H-pyrrole nitrogens is 1. The quantitative estimate of drug-likeness (QED) is 0.349. The maximum absolute atomic E-state index is 13.2. The van der Waals surface area contributed by atoms with Gasteiger partial charge < -0.3 is 35.1 Å². The van der Waals surface area contributed by atoms with E-state index in [1.54, 1.807) is 11.0 Å². The van der Waals surface area contributed by atoms with Crippen LogP contribution in [-0.4, -0.2) is 64.8 Å². The summed E-state index contributed by atoms with van der Waals surface area (Å²) in [4.78, 5) is 44.0. The Hall–Kier alpha value is -4.57. The largest absolute Gasteiger partial charge is 0.505 e. The van der Waals surface area contributed by atoms with Crippen molar-refractivity contribution in [3.63, 3.8) is 0 Å². The number of carbonyl (C=O) groups excluding carboxylic acids is 1. The van der Waals surface area contributed by atoms with E-state index in [9.17, 15) is 19.5 Å². The number of aromatic amines is 1. The third-order valence-corrected chi connectivity index (χ3v) is 6.88. The van der Waals surface area contributed by atoms with Gasteiger partial charge in [-0.3, -0.25) is 14.4 Å². The number of benzene rings is 2.